The third-order valence-corrected chi connectivity index (χ3v) is 5.92. The average Bonchev–Trinajstić information content (AvgIpc) is 2.79. The van der Waals surface area contributed by atoms with Crippen molar-refractivity contribution in [2.45, 2.75) is 18.9 Å². The molecular formula is C25H21FN4OS. The Labute approximate surface area is 190 Å². The van der Waals surface area contributed by atoms with Crippen LogP contribution in [0.1, 0.15) is 40.4 Å². The number of hydrogen-bond donors (Lipinski definition) is 2. The number of anilines is 1. The summed E-state index contributed by atoms with van der Waals surface area (Å²) in [6.45, 7) is 1.85. The summed E-state index contributed by atoms with van der Waals surface area (Å²) in [5, 5.41) is 3.25. The summed E-state index contributed by atoms with van der Waals surface area (Å²) in [5.74, 6) is 6.08. The molecule has 5 nitrogen and oxygen atoms in total. The zero-order valence-electron chi connectivity index (χ0n) is 17.4. The molecule has 1 aliphatic rings. The van der Waals surface area contributed by atoms with E-state index in [0.717, 1.165) is 11.3 Å². The Bertz CT molecular complexity index is 1250. The minimum Gasteiger partial charge on any atom is -0.379 e. The second-order valence-corrected chi connectivity index (χ2v) is 8.66. The van der Waals surface area contributed by atoms with Crippen LogP contribution in [0.5, 0.6) is 0 Å². The first-order valence-electron chi connectivity index (χ1n) is 10.0. The molecule has 0 spiro atoms. The van der Waals surface area contributed by atoms with Crippen LogP contribution in [0.2, 0.25) is 0 Å². The van der Waals surface area contributed by atoms with E-state index in [4.69, 9.17) is 5.73 Å². The third kappa shape index (κ3) is 4.98. The van der Waals surface area contributed by atoms with E-state index in [0.29, 0.717) is 34.0 Å². The number of amidine groups is 1. The van der Waals surface area contributed by atoms with Crippen LogP contribution in [-0.4, -0.2) is 21.8 Å². The summed E-state index contributed by atoms with van der Waals surface area (Å²) in [5.41, 5.74) is 7.83. The number of nitrogens with two attached hydrogens (primary N) is 1. The van der Waals surface area contributed by atoms with E-state index in [1.165, 1.54) is 30.1 Å². The highest BCUT2D eigenvalue weighted by Crippen LogP contribution is 2.37. The number of nitrogens with one attached hydrogen (secondary N) is 1. The van der Waals surface area contributed by atoms with E-state index < -0.39 is 5.54 Å². The van der Waals surface area contributed by atoms with E-state index in [-0.39, 0.29) is 11.7 Å². The first-order valence-corrected chi connectivity index (χ1v) is 11.0. The molecule has 0 fully saturated rings. The molecule has 160 valence electrons. The van der Waals surface area contributed by atoms with E-state index in [2.05, 4.69) is 27.1 Å². The van der Waals surface area contributed by atoms with Crippen molar-refractivity contribution in [3.8, 4) is 11.8 Å². The summed E-state index contributed by atoms with van der Waals surface area (Å²) < 4.78 is 14.6. The van der Waals surface area contributed by atoms with Crippen molar-refractivity contribution in [3.05, 3.63) is 95.1 Å². The van der Waals surface area contributed by atoms with Crippen molar-refractivity contribution in [1.82, 2.24) is 4.98 Å². The number of carbonyl (C=O) groups excluding carboxylic acids is 1. The number of amides is 1. The van der Waals surface area contributed by atoms with Crippen molar-refractivity contribution in [2.24, 2.45) is 10.7 Å². The van der Waals surface area contributed by atoms with Crippen LogP contribution >= 0.6 is 11.8 Å². The smallest absolute Gasteiger partial charge is 0.257 e. The van der Waals surface area contributed by atoms with Gasteiger partial charge < -0.3 is 11.1 Å². The standard InChI is InChI=1S/C25H21FN4OS/c1-25(11-12-32-24(27)30-25)21-14-20(9-10-22(21)26)29-23(31)19-13-18(15-28-16-19)8-7-17-5-3-2-4-6-17/h2-6,9-10,13-16H,11-12H2,1H3,(H2,27,30)(H,29,31). The lowest BCUT2D eigenvalue weighted by Crippen LogP contribution is -2.29. The fourth-order valence-corrected chi connectivity index (χ4v) is 4.37. The van der Waals surface area contributed by atoms with Crippen LogP contribution in [0.3, 0.4) is 0 Å². The van der Waals surface area contributed by atoms with Gasteiger partial charge in [-0.2, -0.15) is 0 Å². The minimum atomic E-state index is -0.769. The molecule has 1 amide bonds. The van der Waals surface area contributed by atoms with Crippen molar-refractivity contribution >= 4 is 28.5 Å². The van der Waals surface area contributed by atoms with Gasteiger partial charge in [0.25, 0.3) is 5.91 Å². The molecule has 1 aromatic heterocycles. The van der Waals surface area contributed by atoms with Gasteiger partial charge in [-0.25, -0.2) is 4.39 Å². The number of benzene rings is 2. The van der Waals surface area contributed by atoms with Crippen LogP contribution in [0.25, 0.3) is 0 Å². The molecule has 0 saturated carbocycles. The molecule has 1 unspecified atom stereocenters. The Balaban J connectivity index is 1.55. The monoisotopic (exact) mass is 444 g/mol. The first-order chi connectivity index (χ1) is 15.4. The number of halogens is 1. The Kier molecular flexibility index (Phi) is 6.24. The van der Waals surface area contributed by atoms with Gasteiger partial charge in [0.15, 0.2) is 5.17 Å². The summed E-state index contributed by atoms with van der Waals surface area (Å²) in [4.78, 5) is 21.4. The second-order valence-electron chi connectivity index (χ2n) is 7.55. The quantitative estimate of drug-likeness (QED) is 0.581. The van der Waals surface area contributed by atoms with Gasteiger partial charge in [-0.1, -0.05) is 41.8 Å². The molecular weight excluding hydrogens is 423 g/mol. The molecule has 1 atom stereocenters. The maximum Gasteiger partial charge on any atom is 0.257 e. The van der Waals surface area contributed by atoms with E-state index in [1.54, 1.807) is 18.3 Å². The summed E-state index contributed by atoms with van der Waals surface area (Å²) in [7, 11) is 0. The fourth-order valence-electron chi connectivity index (χ4n) is 3.40. The number of nitrogens with zero attached hydrogens (tertiary/aromatic N) is 2. The molecule has 0 saturated heterocycles. The van der Waals surface area contributed by atoms with Gasteiger partial charge in [0, 0.05) is 40.5 Å². The zero-order chi connectivity index (χ0) is 22.6. The normalized spacial score (nSPS) is 17.6. The Hall–Kier alpha value is -3.63. The lowest BCUT2D eigenvalue weighted by Gasteiger charge is -2.30. The van der Waals surface area contributed by atoms with Crippen LogP contribution < -0.4 is 11.1 Å². The molecule has 0 radical (unpaired) electrons. The lowest BCUT2D eigenvalue weighted by atomic mass is 9.89. The SMILES string of the molecule is CC1(c2cc(NC(=O)c3cncc(C#Cc4ccccc4)c3)ccc2F)CCSC(N)=N1. The summed E-state index contributed by atoms with van der Waals surface area (Å²) >= 11 is 1.45. The number of hydrogen-bond acceptors (Lipinski definition) is 5. The Morgan fingerprint density at radius 1 is 1.12 bits per heavy atom. The fraction of sp³-hybridized carbons (Fsp3) is 0.160. The van der Waals surface area contributed by atoms with Crippen LogP contribution in [-0.2, 0) is 5.54 Å². The van der Waals surface area contributed by atoms with Crippen LogP contribution in [0.15, 0.2) is 72.0 Å². The number of aromatic nitrogens is 1. The maximum atomic E-state index is 14.6. The molecule has 0 bridgehead atoms. The number of thioether (sulfide) groups is 1. The molecule has 32 heavy (non-hydrogen) atoms. The van der Waals surface area contributed by atoms with E-state index in [1.807, 2.05) is 37.3 Å². The average molecular weight is 445 g/mol. The molecule has 3 N–H and O–H groups in total. The van der Waals surface area contributed by atoms with Gasteiger partial charge in [0.1, 0.15) is 5.82 Å². The molecule has 0 aliphatic carbocycles. The van der Waals surface area contributed by atoms with Gasteiger partial charge in [-0.3, -0.25) is 14.8 Å². The van der Waals surface area contributed by atoms with E-state index in [9.17, 15) is 9.18 Å². The Morgan fingerprint density at radius 2 is 1.91 bits per heavy atom. The molecule has 2 aromatic carbocycles. The van der Waals surface area contributed by atoms with Gasteiger partial charge in [0.2, 0.25) is 0 Å². The van der Waals surface area contributed by atoms with Gasteiger partial charge in [0.05, 0.1) is 11.1 Å². The first kappa shape index (κ1) is 21.6. The highest BCUT2D eigenvalue weighted by molar-refractivity contribution is 8.13. The highest BCUT2D eigenvalue weighted by atomic mass is 32.2. The zero-order valence-corrected chi connectivity index (χ0v) is 18.2. The molecule has 2 heterocycles. The maximum absolute atomic E-state index is 14.6. The van der Waals surface area contributed by atoms with Crippen molar-refractivity contribution in [1.29, 1.82) is 0 Å². The molecule has 7 heteroatoms. The minimum absolute atomic E-state index is 0.356. The molecule has 3 aromatic rings. The predicted molar refractivity (Wildman–Crippen MR) is 127 cm³/mol. The topological polar surface area (TPSA) is 80.4 Å². The number of aliphatic imine (C=N–C) groups is 1. The number of pyridine rings is 1. The van der Waals surface area contributed by atoms with Gasteiger partial charge >= 0.3 is 0 Å². The number of rotatable bonds is 3. The number of carbonyl (C=O) groups is 1. The van der Waals surface area contributed by atoms with Crippen molar-refractivity contribution < 1.29 is 9.18 Å². The Morgan fingerprint density at radius 3 is 2.69 bits per heavy atom. The largest absolute Gasteiger partial charge is 0.379 e. The highest BCUT2D eigenvalue weighted by Gasteiger charge is 2.32. The predicted octanol–water partition coefficient (Wildman–Crippen LogP) is 4.54. The van der Waals surface area contributed by atoms with Gasteiger partial charge in [-0.15, -0.1) is 0 Å². The molecule has 4 rings (SSSR count). The summed E-state index contributed by atoms with van der Waals surface area (Å²) in [6, 6.07) is 15.7. The lowest BCUT2D eigenvalue weighted by molar-refractivity contribution is 0.102. The molecule has 1 aliphatic heterocycles. The summed E-state index contributed by atoms with van der Waals surface area (Å²) in [6.07, 6.45) is 3.73. The van der Waals surface area contributed by atoms with Gasteiger partial charge in [-0.05, 0) is 49.7 Å². The van der Waals surface area contributed by atoms with E-state index >= 15 is 0 Å². The van der Waals surface area contributed by atoms with Crippen LogP contribution in [0, 0.1) is 17.7 Å². The van der Waals surface area contributed by atoms with Crippen molar-refractivity contribution in [2.75, 3.05) is 11.1 Å². The second kappa shape index (κ2) is 9.25. The van der Waals surface area contributed by atoms with Crippen LogP contribution in [0.4, 0.5) is 10.1 Å². The van der Waals surface area contributed by atoms with Crippen molar-refractivity contribution in [3.63, 3.8) is 0 Å². The third-order valence-electron chi connectivity index (χ3n) is 5.13.